The predicted molar refractivity (Wildman–Crippen MR) is 82.9 cm³/mol. The van der Waals surface area contributed by atoms with Crippen LogP contribution in [0.5, 0.6) is 11.5 Å². The Morgan fingerprint density at radius 3 is 2.35 bits per heavy atom. The van der Waals surface area contributed by atoms with E-state index in [1.54, 1.807) is 6.07 Å². The molecule has 0 spiro atoms. The quantitative estimate of drug-likeness (QED) is 0.609. The predicted octanol–water partition coefficient (Wildman–Crippen LogP) is 4.37. The molecule has 2 rings (SSSR count). The fourth-order valence-corrected chi connectivity index (χ4v) is 2.96. The largest absolute Gasteiger partial charge is 0.455 e. The Labute approximate surface area is 132 Å². The second-order valence-electron chi connectivity index (χ2n) is 3.91. The number of nitrogens with zero attached hydrogens (tertiary/aromatic N) is 1. The zero-order valence-corrected chi connectivity index (χ0v) is 13.3. The van der Waals surface area contributed by atoms with Crippen LogP contribution < -0.4 is 10.5 Å². The van der Waals surface area contributed by atoms with Crippen molar-refractivity contribution in [2.45, 2.75) is 6.54 Å². The number of hydrogen-bond acceptors (Lipinski definition) is 4. The Morgan fingerprint density at radius 1 is 1.20 bits per heavy atom. The number of ether oxygens (including phenoxy) is 1. The number of benzene rings is 2. The Kier molecular flexibility index (Phi) is 4.74. The van der Waals surface area contributed by atoms with Crippen molar-refractivity contribution in [3.63, 3.8) is 0 Å². The third-order valence-corrected chi connectivity index (χ3v) is 3.78. The molecular weight excluding hydrogens is 392 g/mol. The molecular formula is C13H10Br2N2O3. The van der Waals surface area contributed by atoms with E-state index < -0.39 is 4.92 Å². The molecule has 0 saturated heterocycles. The van der Waals surface area contributed by atoms with Gasteiger partial charge in [-0.2, -0.15) is 0 Å². The summed E-state index contributed by atoms with van der Waals surface area (Å²) >= 11 is 6.56. The van der Waals surface area contributed by atoms with Gasteiger partial charge in [0.1, 0.15) is 5.75 Å². The molecule has 0 saturated carbocycles. The summed E-state index contributed by atoms with van der Waals surface area (Å²) in [6, 6.07) is 10.2. The molecule has 0 heterocycles. The first-order chi connectivity index (χ1) is 9.52. The van der Waals surface area contributed by atoms with Crippen LogP contribution in [0, 0.1) is 10.1 Å². The van der Waals surface area contributed by atoms with Crippen LogP contribution in [0.15, 0.2) is 45.3 Å². The zero-order chi connectivity index (χ0) is 14.7. The minimum absolute atomic E-state index is 0.0248. The Balaban J connectivity index is 2.41. The lowest BCUT2D eigenvalue weighted by molar-refractivity contribution is -0.385. The number of hydrogen-bond donors (Lipinski definition) is 1. The van der Waals surface area contributed by atoms with Gasteiger partial charge >= 0.3 is 0 Å². The summed E-state index contributed by atoms with van der Waals surface area (Å²) in [4.78, 5) is 10.3. The summed E-state index contributed by atoms with van der Waals surface area (Å²) < 4.78 is 6.78. The molecule has 2 aromatic rings. The van der Waals surface area contributed by atoms with Gasteiger partial charge in [0.25, 0.3) is 5.69 Å². The second-order valence-corrected chi connectivity index (χ2v) is 5.62. The van der Waals surface area contributed by atoms with Gasteiger partial charge in [-0.05, 0) is 37.9 Å². The van der Waals surface area contributed by atoms with E-state index in [2.05, 4.69) is 31.9 Å². The number of non-ortho nitro benzene ring substituents is 1. The number of halogens is 2. The van der Waals surface area contributed by atoms with Gasteiger partial charge < -0.3 is 10.5 Å². The molecule has 0 aliphatic rings. The molecule has 7 heteroatoms. The highest BCUT2D eigenvalue weighted by atomic mass is 79.9. The lowest BCUT2D eigenvalue weighted by atomic mass is 10.2. The first-order valence-corrected chi connectivity index (χ1v) is 7.20. The maximum absolute atomic E-state index is 10.8. The van der Waals surface area contributed by atoms with Gasteiger partial charge in [0.15, 0.2) is 5.75 Å². The van der Waals surface area contributed by atoms with E-state index in [0.717, 1.165) is 5.56 Å². The van der Waals surface area contributed by atoms with Crippen molar-refractivity contribution in [2.75, 3.05) is 0 Å². The van der Waals surface area contributed by atoms with Crippen molar-refractivity contribution in [3.8, 4) is 11.5 Å². The number of nitro groups is 1. The molecule has 0 bridgehead atoms. The number of rotatable bonds is 4. The van der Waals surface area contributed by atoms with E-state index in [1.807, 2.05) is 18.2 Å². The minimum Gasteiger partial charge on any atom is -0.455 e. The first-order valence-electron chi connectivity index (χ1n) is 5.62. The smallest absolute Gasteiger partial charge is 0.271 e. The van der Waals surface area contributed by atoms with Gasteiger partial charge in [-0.1, -0.05) is 18.2 Å². The average molecular weight is 402 g/mol. The van der Waals surface area contributed by atoms with E-state index >= 15 is 0 Å². The monoisotopic (exact) mass is 400 g/mol. The van der Waals surface area contributed by atoms with Crippen LogP contribution in [0.25, 0.3) is 0 Å². The van der Waals surface area contributed by atoms with Crippen LogP contribution in [0.2, 0.25) is 0 Å². The molecule has 2 N–H and O–H groups in total. The van der Waals surface area contributed by atoms with E-state index in [4.69, 9.17) is 10.5 Å². The summed E-state index contributed by atoms with van der Waals surface area (Å²) in [5.41, 5.74) is 6.48. The summed E-state index contributed by atoms with van der Waals surface area (Å²) in [6.07, 6.45) is 0. The number of para-hydroxylation sites is 1. The summed E-state index contributed by atoms with van der Waals surface area (Å²) in [5, 5.41) is 10.8. The highest BCUT2D eigenvalue weighted by molar-refractivity contribution is 9.11. The molecule has 0 radical (unpaired) electrons. The van der Waals surface area contributed by atoms with Gasteiger partial charge in [-0.15, -0.1) is 0 Å². The van der Waals surface area contributed by atoms with E-state index in [0.29, 0.717) is 27.0 Å². The van der Waals surface area contributed by atoms with Gasteiger partial charge in [-0.25, -0.2) is 0 Å². The summed E-state index contributed by atoms with van der Waals surface area (Å²) in [6.45, 7) is 0.346. The van der Waals surface area contributed by atoms with Crippen molar-refractivity contribution in [2.24, 2.45) is 5.73 Å². The van der Waals surface area contributed by atoms with E-state index in [9.17, 15) is 10.1 Å². The van der Waals surface area contributed by atoms with Crippen LogP contribution in [0.3, 0.4) is 0 Å². The lowest BCUT2D eigenvalue weighted by Crippen LogP contribution is -1.99. The van der Waals surface area contributed by atoms with Crippen molar-refractivity contribution in [1.82, 2.24) is 0 Å². The number of nitro benzene ring substituents is 1. The minimum atomic E-state index is -0.465. The van der Waals surface area contributed by atoms with Crippen LogP contribution in [-0.2, 0) is 6.54 Å². The maximum Gasteiger partial charge on any atom is 0.271 e. The molecule has 0 aromatic heterocycles. The molecule has 5 nitrogen and oxygen atoms in total. The molecule has 2 aromatic carbocycles. The Bertz CT molecular complexity index is 639. The van der Waals surface area contributed by atoms with Crippen molar-refractivity contribution in [3.05, 3.63) is 61.0 Å². The molecule has 0 aliphatic heterocycles. The van der Waals surface area contributed by atoms with Crippen LogP contribution in [-0.4, -0.2) is 4.92 Å². The lowest BCUT2D eigenvalue weighted by Gasteiger charge is -2.12. The normalized spacial score (nSPS) is 10.3. The number of nitrogens with two attached hydrogens (primary N) is 1. The van der Waals surface area contributed by atoms with Gasteiger partial charge in [0.2, 0.25) is 0 Å². The first kappa shape index (κ1) is 15.0. The molecule has 0 fully saturated rings. The fraction of sp³-hybridized carbons (Fsp3) is 0.0769. The van der Waals surface area contributed by atoms with Crippen LogP contribution in [0.4, 0.5) is 5.69 Å². The Hall–Kier alpha value is -1.44. The molecule has 104 valence electrons. The van der Waals surface area contributed by atoms with Crippen molar-refractivity contribution in [1.29, 1.82) is 0 Å². The molecule has 0 atom stereocenters. The third-order valence-electron chi connectivity index (χ3n) is 2.60. The molecule has 20 heavy (non-hydrogen) atoms. The van der Waals surface area contributed by atoms with E-state index in [-0.39, 0.29) is 5.69 Å². The van der Waals surface area contributed by atoms with E-state index in [1.165, 1.54) is 12.1 Å². The summed E-state index contributed by atoms with van der Waals surface area (Å²) in [5.74, 6) is 1.08. The third kappa shape index (κ3) is 3.17. The Morgan fingerprint density at radius 2 is 1.80 bits per heavy atom. The zero-order valence-electron chi connectivity index (χ0n) is 10.2. The van der Waals surface area contributed by atoms with Gasteiger partial charge in [-0.3, -0.25) is 10.1 Å². The molecule has 0 amide bonds. The highest BCUT2D eigenvalue weighted by Crippen LogP contribution is 2.40. The molecule has 0 unspecified atom stereocenters. The van der Waals surface area contributed by atoms with Crippen LogP contribution >= 0.6 is 31.9 Å². The molecule has 0 aliphatic carbocycles. The SMILES string of the molecule is NCc1ccccc1Oc1c(Br)cc([N+](=O)[O-])cc1Br. The fourth-order valence-electron chi connectivity index (χ4n) is 1.63. The highest BCUT2D eigenvalue weighted by Gasteiger charge is 2.16. The maximum atomic E-state index is 10.8. The average Bonchev–Trinajstić information content (AvgIpc) is 2.42. The van der Waals surface area contributed by atoms with Crippen molar-refractivity contribution < 1.29 is 9.66 Å². The summed E-state index contributed by atoms with van der Waals surface area (Å²) in [7, 11) is 0. The van der Waals surface area contributed by atoms with Gasteiger partial charge in [0, 0.05) is 24.2 Å². The van der Waals surface area contributed by atoms with Crippen LogP contribution in [0.1, 0.15) is 5.56 Å². The second kappa shape index (κ2) is 6.34. The van der Waals surface area contributed by atoms with Crippen molar-refractivity contribution >= 4 is 37.5 Å². The van der Waals surface area contributed by atoms with Gasteiger partial charge in [0.05, 0.1) is 13.9 Å². The standard InChI is InChI=1S/C13H10Br2N2O3/c14-10-5-9(17(18)19)6-11(15)13(10)20-12-4-2-1-3-8(12)7-16/h1-6H,7,16H2. The topological polar surface area (TPSA) is 78.4 Å².